The van der Waals surface area contributed by atoms with Gasteiger partial charge in [-0.2, -0.15) is 0 Å². The summed E-state index contributed by atoms with van der Waals surface area (Å²) in [6.07, 6.45) is 3.68. The molecule has 3 rings (SSSR count). The minimum absolute atomic E-state index is 0.0920. The molecule has 0 radical (unpaired) electrons. The summed E-state index contributed by atoms with van der Waals surface area (Å²) in [5.74, 6) is 0.981. The summed E-state index contributed by atoms with van der Waals surface area (Å²) in [7, 11) is 0. The van der Waals surface area contributed by atoms with Gasteiger partial charge >= 0.3 is 0 Å². The molecular formula is C17H23N3O. The standard InChI is InChI=1S/C17H23N3O/c1-13-6-7-15(14(2)12-13)16(21)20-11-8-18-17(20)19-9-4-3-5-10-19/h6-7,12H,3-5,8-11H2,1-2H3. The van der Waals surface area contributed by atoms with Crippen LogP contribution in [0.1, 0.15) is 40.7 Å². The van der Waals surface area contributed by atoms with E-state index in [-0.39, 0.29) is 5.91 Å². The van der Waals surface area contributed by atoms with E-state index in [9.17, 15) is 4.79 Å². The van der Waals surface area contributed by atoms with Crippen LogP contribution >= 0.6 is 0 Å². The van der Waals surface area contributed by atoms with Crippen molar-refractivity contribution in [1.29, 1.82) is 0 Å². The van der Waals surface area contributed by atoms with Gasteiger partial charge in [0.1, 0.15) is 0 Å². The molecule has 112 valence electrons. The van der Waals surface area contributed by atoms with Gasteiger partial charge in [-0.1, -0.05) is 17.7 Å². The van der Waals surface area contributed by atoms with Crippen LogP contribution in [0.5, 0.6) is 0 Å². The van der Waals surface area contributed by atoms with Crippen molar-refractivity contribution in [3.05, 3.63) is 34.9 Å². The second-order valence-corrected chi connectivity index (χ2v) is 6.00. The molecule has 1 aromatic rings. The highest BCUT2D eigenvalue weighted by Gasteiger charge is 2.30. The van der Waals surface area contributed by atoms with Gasteiger partial charge in [-0.3, -0.25) is 14.7 Å². The Morgan fingerprint density at radius 3 is 2.57 bits per heavy atom. The number of hydrogen-bond donors (Lipinski definition) is 0. The maximum absolute atomic E-state index is 12.9. The molecular weight excluding hydrogens is 262 g/mol. The topological polar surface area (TPSA) is 35.9 Å². The summed E-state index contributed by atoms with van der Waals surface area (Å²) in [6, 6.07) is 6.02. The Kier molecular flexibility index (Phi) is 3.95. The molecule has 2 aliphatic rings. The van der Waals surface area contributed by atoms with Crippen LogP contribution in [0, 0.1) is 13.8 Å². The van der Waals surface area contributed by atoms with Gasteiger partial charge in [-0.25, -0.2) is 0 Å². The zero-order chi connectivity index (χ0) is 14.8. The lowest BCUT2D eigenvalue weighted by molar-refractivity contribution is 0.0840. The van der Waals surface area contributed by atoms with Crippen molar-refractivity contribution in [3.8, 4) is 0 Å². The van der Waals surface area contributed by atoms with Crippen LogP contribution in [-0.4, -0.2) is 47.8 Å². The van der Waals surface area contributed by atoms with Gasteiger partial charge in [0, 0.05) is 25.2 Å². The maximum atomic E-state index is 12.9. The van der Waals surface area contributed by atoms with Crippen molar-refractivity contribution in [2.75, 3.05) is 26.2 Å². The number of likely N-dealkylation sites (tertiary alicyclic amines) is 1. The van der Waals surface area contributed by atoms with Gasteiger partial charge in [0.2, 0.25) is 5.96 Å². The van der Waals surface area contributed by atoms with E-state index in [0.717, 1.165) is 36.7 Å². The van der Waals surface area contributed by atoms with E-state index >= 15 is 0 Å². The lowest BCUT2D eigenvalue weighted by atomic mass is 10.0. The van der Waals surface area contributed by atoms with Crippen molar-refractivity contribution in [3.63, 3.8) is 0 Å². The number of carbonyl (C=O) groups is 1. The smallest absolute Gasteiger partial charge is 0.260 e. The van der Waals surface area contributed by atoms with E-state index in [0.29, 0.717) is 6.54 Å². The Bertz CT molecular complexity index is 573. The number of aryl methyl sites for hydroxylation is 2. The molecule has 0 atom stereocenters. The van der Waals surface area contributed by atoms with Crippen LogP contribution in [-0.2, 0) is 0 Å². The Hall–Kier alpha value is -1.84. The molecule has 0 spiro atoms. The highest BCUT2D eigenvalue weighted by atomic mass is 16.2. The van der Waals surface area contributed by atoms with E-state index < -0.39 is 0 Å². The average molecular weight is 285 g/mol. The lowest BCUT2D eigenvalue weighted by Crippen LogP contribution is -2.47. The van der Waals surface area contributed by atoms with Crippen LogP contribution in [0.3, 0.4) is 0 Å². The van der Waals surface area contributed by atoms with E-state index in [1.54, 1.807) is 0 Å². The van der Waals surface area contributed by atoms with Crippen molar-refractivity contribution in [2.45, 2.75) is 33.1 Å². The number of hydrogen-bond acceptors (Lipinski definition) is 3. The minimum atomic E-state index is 0.0920. The summed E-state index contributed by atoms with van der Waals surface area (Å²) in [5.41, 5.74) is 3.03. The third-order valence-electron chi connectivity index (χ3n) is 4.31. The molecule has 21 heavy (non-hydrogen) atoms. The Morgan fingerprint density at radius 2 is 1.86 bits per heavy atom. The molecule has 1 amide bonds. The molecule has 4 nitrogen and oxygen atoms in total. The number of nitrogens with zero attached hydrogens (tertiary/aromatic N) is 3. The normalized spacial score (nSPS) is 18.9. The molecule has 2 heterocycles. The van der Waals surface area contributed by atoms with Crippen molar-refractivity contribution in [1.82, 2.24) is 9.80 Å². The van der Waals surface area contributed by atoms with Gasteiger partial charge in [0.15, 0.2) is 0 Å². The number of amides is 1. The third kappa shape index (κ3) is 2.80. The predicted molar refractivity (Wildman–Crippen MR) is 84.7 cm³/mol. The van der Waals surface area contributed by atoms with Crippen LogP contribution in [0.25, 0.3) is 0 Å². The number of rotatable bonds is 1. The third-order valence-corrected chi connectivity index (χ3v) is 4.31. The van der Waals surface area contributed by atoms with Crippen molar-refractivity contribution < 1.29 is 4.79 Å². The van der Waals surface area contributed by atoms with Crippen LogP contribution in [0.2, 0.25) is 0 Å². The number of carbonyl (C=O) groups excluding carboxylic acids is 1. The molecule has 0 aliphatic carbocycles. The van der Waals surface area contributed by atoms with Crippen molar-refractivity contribution >= 4 is 11.9 Å². The molecule has 0 N–H and O–H groups in total. The Morgan fingerprint density at radius 1 is 1.10 bits per heavy atom. The molecule has 4 heteroatoms. The fourth-order valence-corrected chi connectivity index (χ4v) is 3.19. The first-order valence-electron chi connectivity index (χ1n) is 7.85. The Labute approximate surface area is 126 Å². The molecule has 1 fully saturated rings. The fraction of sp³-hybridized carbons (Fsp3) is 0.529. The summed E-state index contributed by atoms with van der Waals surface area (Å²) >= 11 is 0. The zero-order valence-corrected chi connectivity index (χ0v) is 12.9. The number of benzene rings is 1. The van der Waals surface area contributed by atoms with Crippen LogP contribution in [0.15, 0.2) is 23.2 Å². The fourth-order valence-electron chi connectivity index (χ4n) is 3.19. The quantitative estimate of drug-likeness (QED) is 0.795. The van der Waals surface area contributed by atoms with Gasteiger partial charge in [-0.05, 0) is 44.7 Å². The lowest BCUT2D eigenvalue weighted by Gasteiger charge is -2.32. The second kappa shape index (κ2) is 5.88. The first-order chi connectivity index (χ1) is 10.2. The summed E-state index contributed by atoms with van der Waals surface area (Å²) in [6.45, 7) is 7.54. The molecule has 1 aromatic carbocycles. The van der Waals surface area contributed by atoms with Gasteiger partial charge in [-0.15, -0.1) is 0 Å². The first-order valence-corrected chi connectivity index (χ1v) is 7.85. The average Bonchev–Trinajstić information content (AvgIpc) is 2.97. The summed E-state index contributed by atoms with van der Waals surface area (Å²) in [5, 5.41) is 0. The molecule has 2 aliphatic heterocycles. The summed E-state index contributed by atoms with van der Waals surface area (Å²) < 4.78 is 0. The highest BCUT2D eigenvalue weighted by molar-refractivity contribution is 6.07. The van der Waals surface area contributed by atoms with E-state index in [1.165, 1.54) is 24.8 Å². The van der Waals surface area contributed by atoms with Gasteiger partial charge in [0.05, 0.1) is 6.54 Å². The summed E-state index contributed by atoms with van der Waals surface area (Å²) in [4.78, 5) is 21.6. The zero-order valence-electron chi connectivity index (χ0n) is 12.9. The SMILES string of the molecule is Cc1ccc(C(=O)N2CCN=C2N2CCCCC2)c(C)c1. The number of aliphatic imine (C=N–C) groups is 1. The molecule has 1 saturated heterocycles. The van der Waals surface area contributed by atoms with Gasteiger partial charge < -0.3 is 4.90 Å². The van der Waals surface area contributed by atoms with E-state index in [2.05, 4.69) is 22.9 Å². The van der Waals surface area contributed by atoms with Crippen LogP contribution in [0.4, 0.5) is 0 Å². The van der Waals surface area contributed by atoms with Gasteiger partial charge in [0.25, 0.3) is 5.91 Å². The monoisotopic (exact) mass is 285 g/mol. The van der Waals surface area contributed by atoms with E-state index in [4.69, 9.17) is 0 Å². The molecule has 0 aromatic heterocycles. The Balaban J connectivity index is 1.82. The molecule has 0 saturated carbocycles. The highest BCUT2D eigenvalue weighted by Crippen LogP contribution is 2.19. The largest absolute Gasteiger partial charge is 0.342 e. The van der Waals surface area contributed by atoms with Crippen LogP contribution < -0.4 is 0 Å². The second-order valence-electron chi connectivity index (χ2n) is 6.00. The molecule has 0 unspecified atom stereocenters. The number of piperidine rings is 1. The van der Waals surface area contributed by atoms with Crippen molar-refractivity contribution in [2.24, 2.45) is 4.99 Å². The minimum Gasteiger partial charge on any atom is -0.342 e. The number of guanidine groups is 1. The molecule has 0 bridgehead atoms. The van der Waals surface area contributed by atoms with E-state index in [1.807, 2.05) is 24.0 Å². The maximum Gasteiger partial charge on any atom is 0.260 e. The first kappa shape index (κ1) is 14.1. The predicted octanol–water partition coefficient (Wildman–Crippen LogP) is 2.60.